The maximum absolute atomic E-state index is 11.9. The molecule has 2 N–H and O–H groups in total. The highest BCUT2D eigenvalue weighted by Crippen LogP contribution is 2.26. The predicted octanol–water partition coefficient (Wildman–Crippen LogP) is 0.0824. The van der Waals surface area contributed by atoms with Gasteiger partial charge in [-0.3, -0.25) is 14.7 Å². The molecule has 16 heavy (non-hydrogen) atoms. The summed E-state index contributed by atoms with van der Waals surface area (Å²) < 4.78 is 0. The van der Waals surface area contributed by atoms with E-state index in [2.05, 4.69) is 14.9 Å². The molecule has 0 saturated heterocycles. The Kier molecular flexibility index (Phi) is 3.58. The third kappa shape index (κ3) is 2.84. The van der Waals surface area contributed by atoms with Crippen molar-refractivity contribution in [3.8, 4) is 0 Å². The molecule has 0 radical (unpaired) electrons. The van der Waals surface area contributed by atoms with Crippen LogP contribution in [0.1, 0.15) is 23.3 Å². The smallest absolute Gasteiger partial charge is 0.196 e. The standard InChI is InChI=1S/C11H16N4O/c12-3-6-15(9-1-2-9)8-11(16)10-7-13-4-5-14-10/h4-5,7,9H,1-3,6,8,12H2. The van der Waals surface area contributed by atoms with Gasteiger partial charge in [0.1, 0.15) is 5.69 Å². The van der Waals surface area contributed by atoms with Crippen molar-refractivity contribution in [3.63, 3.8) is 0 Å². The molecule has 1 saturated carbocycles. The van der Waals surface area contributed by atoms with Crippen LogP contribution >= 0.6 is 0 Å². The first-order valence-electron chi connectivity index (χ1n) is 5.54. The molecule has 5 nitrogen and oxygen atoms in total. The second-order valence-electron chi connectivity index (χ2n) is 4.00. The average Bonchev–Trinajstić information content (AvgIpc) is 3.13. The van der Waals surface area contributed by atoms with E-state index in [1.54, 1.807) is 6.20 Å². The van der Waals surface area contributed by atoms with E-state index < -0.39 is 0 Å². The van der Waals surface area contributed by atoms with Crippen LogP contribution in [0.15, 0.2) is 18.6 Å². The predicted molar refractivity (Wildman–Crippen MR) is 60.0 cm³/mol. The van der Waals surface area contributed by atoms with Crippen LogP contribution in [0.25, 0.3) is 0 Å². The van der Waals surface area contributed by atoms with E-state index in [1.165, 1.54) is 25.2 Å². The van der Waals surface area contributed by atoms with E-state index in [4.69, 9.17) is 5.73 Å². The Morgan fingerprint density at radius 1 is 1.50 bits per heavy atom. The Bertz CT molecular complexity index is 350. The number of rotatable bonds is 6. The highest BCUT2D eigenvalue weighted by molar-refractivity contribution is 5.95. The van der Waals surface area contributed by atoms with Gasteiger partial charge in [-0.2, -0.15) is 0 Å². The van der Waals surface area contributed by atoms with Crippen molar-refractivity contribution < 1.29 is 4.79 Å². The molecule has 1 aliphatic rings. The molecule has 0 amide bonds. The van der Waals surface area contributed by atoms with Gasteiger partial charge in [-0.25, -0.2) is 4.98 Å². The topological polar surface area (TPSA) is 72.1 Å². The molecule has 1 aliphatic carbocycles. The van der Waals surface area contributed by atoms with E-state index in [1.807, 2.05) is 0 Å². The van der Waals surface area contributed by atoms with Gasteiger partial charge in [-0.15, -0.1) is 0 Å². The number of aromatic nitrogens is 2. The van der Waals surface area contributed by atoms with Gasteiger partial charge < -0.3 is 5.73 Å². The number of nitrogens with zero attached hydrogens (tertiary/aromatic N) is 3. The second kappa shape index (κ2) is 5.14. The van der Waals surface area contributed by atoms with Gasteiger partial charge in [0.15, 0.2) is 5.78 Å². The zero-order valence-electron chi connectivity index (χ0n) is 9.17. The van der Waals surface area contributed by atoms with Crippen molar-refractivity contribution in [1.82, 2.24) is 14.9 Å². The lowest BCUT2D eigenvalue weighted by molar-refractivity contribution is 0.0921. The highest BCUT2D eigenvalue weighted by Gasteiger charge is 2.29. The SMILES string of the molecule is NCCN(CC(=O)c1cnccn1)C1CC1. The van der Waals surface area contributed by atoms with Crippen molar-refractivity contribution in [1.29, 1.82) is 0 Å². The lowest BCUT2D eigenvalue weighted by Gasteiger charge is -2.19. The molecule has 0 bridgehead atoms. The number of carbonyl (C=O) groups is 1. The number of Topliss-reactive ketones (excluding diaryl/α,β-unsaturated/α-hetero) is 1. The fraction of sp³-hybridized carbons (Fsp3) is 0.545. The van der Waals surface area contributed by atoms with Gasteiger partial charge in [0.05, 0.1) is 12.7 Å². The Morgan fingerprint density at radius 3 is 2.88 bits per heavy atom. The molecule has 0 spiro atoms. The Hall–Kier alpha value is -1.33. The number of hydrogen-bond acceptors (Lipinski definition) is 5. The molecule has 5 heteroatoms. The minimum atomic E-state index is 0.0217. The van der Waals surface area contributed by atoms with Crippen molar-refractivity contribution in [2.24, 2.45) is 5.73 Å². The van der Waals surface area contributed by atoms with E-state index in [0.717, 1.165) is 6.54 Å². The molecule has 1 heterocycles. The molecular weight excluding hydrogens is 204 g/mol. The molecule has 0 atom stereocenters. The zero-order chi connectivity index (χ0) is 11.4. The maximum Gasteiger partial charge on any atom is 0.196 e. The molecular formula is C11H16N4O. The Labute approximate surface area is 94.7 Å². The van der Waals surface area contributed by atoms with Gasteiger partial charge in [-0.1, -0.05) is 0 Å². The summed E-state index contributed by atoms with van der Waals surface area (Å²) in [4.78, 5) is 21.9. The van der Waals surface area contributed by atoms with Crippen LogP contribution < -0.4 is 5.73 Å². The fourth-order valence-corrected chi connectivity index (χ4v) is 1.70. The van der Waals surface area contributed by atoms with Gasteiger partial charge in [0.25, 0.3) is 0 Å². The summed E-state index contributed by atoms with van der Waals surface area (Å²) in [6.45, 7) is 1.77. The van der Waals surface area contributed by atoms with Crippen molar-refractivity contribution in [3.05, 3.63) is 24.3 Å². The minimum Gasteiger partial charge on any atom is -0.329 e. The van der Waals surface area contributed by atoms with Gasteiger partial charge in [0.2, 0.25) is 0 Å². The van der Waals surface area contributed by atoms with E-state index in [9.17, 15) is 4.79 Å². The highest BCUT2D eigenvalue weighted by atomic mass is 16.1. The fourth-order valence-electron chi connectivity index (χ4n) is 1.70. The number of carbonyl (C=O) groups excluding carboxylic acids is 1. The zero-order valence-corrected chi connectivity index (χ0v) is 9.17. The first-order valence-corrected chi connectivity index (χ1v) is 5.54. The summed E-state index contributed by atoms with van der Waals surface area (Å²) in [6.07, 6.45) is 6.96. The molecule has 0 aliphatic heterocycles. The first kappa shape index (κ1) is 11.2. The van der Waals surface area contributed by atoms with E-state index >= 15 is 0 Å². The molecule has 1 aromatic heterocycles. The van der Waals surface area contributed by atoms with Crippen LogP contribution in [-0.2, 0) is 0 Å². The summed E-state index contributed by atoms with van der Waals surface area (Å²) in [7, 11) is 0. The Morgan fingerprint density at radius 2 is 2.31 bits per heavy atom. The quantitative estimate of drug-likeness (QED) is 0.687. The van der Waals surface area contributed by atoms with Gasteiger partial charge in [-0.05, 0) is 12.8 Å². The van der Waals surface area contributed by atoms with Crippen LogP contribution in [-0.4, -0.2) is 46.3 Å². The van der Waals surface area contributed by atoms with Gasteiger partial charge in [0, 0.05) is 31.5 Å². The number of nitrogens with two attached hydrogens (primary N) is 1. The van der Waals surface area contributed by atoms with E-state index in [0.29, 0.717) is 24.8 Å². The number of hydrogen-bond donors (Lipinski definition) is 1. The second-order valence-corrected chi connectivity index (χ2v) is 4.00. The third-order valence-electron chi connectivity index (χ3n) is 2.68. The lowest BCUT2D eigenvalue weighted by Crippen LogP contribution is -2.36. The lowest BCUT2D eigenvalue weighted by atomic mass is 10.2. The molecule has 86 valence electrons. The summed E-state index contributed by atoms with van der Waals surface area (Å²) in [5, 5.41) is 0. The van der Waals surface area contributed by atoms with Crippen LogP contribution in [0.3, 0.4) is 0 Å². The first-order chi connectivity index (χ1) is 7.81. The molecule has 0 unspecified atom stereocenters. The maximum atomic E-state index is 11.9. The van der Waals surface area contributed by atoms with Crippen LogP contribution in [0, 0.1) is 0 Å². The monoisotopic (exact) mass is 220 g/mol. The van der Waals surface area contributed by atoms with E-state index in [-0.39, 0.29) is 5.78 Å². The van der Waals surface area contributed by atoms with Crippen LogP contribution in [0.2, 0.25) is 0 Å². The summed E-state index contributed by atoms with van der Waals surface area (Å²) in [6, 6.07) is 0.546. The Balaban J connectivity index is 1.95. The van der Waals surface area contributed by atoms with Crippen LogP contribution in [0.4, 0.5) is 0 Å². The number of ketones is 1. The molecule has 2 rings (SSSR count). The normalized spacial score (nSPS) is 15.4. The van der Waals surface area contributed by atoms with Gasteiger partial charge >= 0.3 is 0 Å². The molecule has 0 aromatic carbocycles. The molecule has 1 fully saturated rings. The van der Waals surface area contributed by atoms with Crippen molar-refractivity contribution in [2.75, 3.05) is 19.6 Å². The van der Waals surface area contributed by atoms with Crippen molar-refractivity contribution in [2.45, 2.75) is 18.9 Å². The third-order valence-corrected chi connectivity index (χ3v) is 2.68. The van der Waals surface area contributed by atoms with Crippen LogP contribution in [0.5, 0.6) is 0 Å². The average molecular weight is 220 g/mol. The minimum absolute atomic E-state index is 0.0217. The summed E-state index contributed by atoms with van der Waals surface area (Å²) in [5.41, 5.74) is 5.96. The summed E-state index contributed by atoms with van der Waals surface area (Å²) in [5.74, 6) is 0.0217. The molecule has 1 aromatic rings. The van der Waals surface area contributed by atoms with Crippen molar-refractivity contribution >= 4 is 5.78 Å². The largest absolute Gasteiger partial charge is 0.329 e. The summed E-state index contributed by atoms with van der Waals surface area (Å²) >= 11 is 0.